The minimum Gasteiger partial charge on any atom is -0.478 e. The zero-order valence-electron chi connectivity index (χ0n) is 8.80. The fourth-order valence-electron chi connectivity index (χ4n) is 1.11. The number of nitrogens with one attached hydrogen (secondary N) is 1. The second-order valence-electron chi connectivity index (χ2n) is 3.20. The number of aromatic carboxylic acids is 1. The molecule has 0 atom stereocenters. The average Bonchev–Trinajstić information content (AvgIpc) is 2.27. The fraction of sp³-hybridized carbons (Fsp3) is 0.300. The van der Waals surface area contributed by atoms with Crippen molar-refractivity contribution in [2.24, 2.45) is 0 Å². The van der Waals surface area contributed by atoms with Crippen LogP contribution in [-0.4, -0.2) is 31.1 Å². The number of carboxylic acid groups (broad SMARTS) is 1. The number of hydrogen-bond acceptors (Lipinski definition) is 4. The second kappa shape index (κ2) is 4.98. The van der Waals surface area contributed by atoms with E-state index in [1.165, 1.54) is 12.1 Å². The maximum atomic E-state index is 11.2. The summed E-state index contributed by atoms with van der Waals surface area (Å²) in [5.74, 6) is -1.32. The molecular formula is C10H13NO4S. The van der Waals surface area contributed by atoms with Gasteiger partial charge in [0.1, 0.15) is 5.88 Å². The van der Waals surface area contributed by atoms with Crippen LogP contribution in [0.15, 0.2) is 24.3 Å². The molecule has 6 heteroatoms. The van der Waals surface area contributed by atoms with Gasteiger partial charge in [-0.1, -0.05) is 19.1 Å². The van der Waals surface area contributed by atoms with E-state index in [9.17, 15) is 13.2 Å². The van der Waals surface area contributed by atoms with Gasteiger partial charge in [-0.25, -0.2) is 13.2 Å². The van der Waals surface area contributed by atoms with Crippen molar-refractivity contribution < 1.29 is 18.3 Å². The number of sulfone groups is 1. The van der Waals surface area contributed by atoms with Crippen molar-refractivity contribution in [2.45, 2.75) is 6.92 Å². The molecule has 0 heterocycles. The number of anilines is 1. The predicted octanol–water partition coefficient (Wildman–Crippen LogP) is 1.19. The van der Waals surface area contributed by atoms with E-state index in [1.54, 1.807) is 19.1 Å². The first-order chi connectivity index (χ1) is 7.46. The molecular weight excluding hydrogens is 230 g/mol. The van der Waals surface area contributed by atoms with E-state index >= 15 is 0 Å². The third kappa shape index (κ3) is 3.23. The number of hydrogen-bond donors (Lipinski definition) is 2. The van der Waals surface area contributed by atoms with Crippen LogP contribution >= 0.6 is 0 Å². The van der Waals surface area contributed by atoms with Gasteiger partial charge in [0.05, 0.1) is 5.56 Å². The van der Waals surface area contributed by atoms with Crippen LogP contribution in [0.25, 0.3) is 0 Å². The van der Waals surface area contributed by atoms with Crippen LogP contribution in [0.2, 0.25) is 0 Å². The molecule has 0 saturated carbocycles. The molecule has 5 nitrogen and oxygen atoms in total. The molecule has 88 valence electrons. The summed E-state index contributed by atoms with van der Waals surface area (Å²) in [6.45, 7) is 1.54. The molecule has 1 aromatic carbocycles. The van der Waals surface area contributed by atoms with E-state index in [0.29, 0.717) is 5.69 Å². The van der Waals surface area contributed by atoms with Crippen molar-refractivity contribution in [3.8, 4) is 0 Å². The summed E-state index contributed by atoms with van der Waals surface area (Å²) < 4.78 is 22.5. The van der Waals surface area contributed by atoms with E-state index in [1.807, 2.05) is 0 Å². The highest BCUT2D eigenvalue weighted by molar-refractivity contribution is 7.91. The first kappa shape index (κ1) is 12.5. The van der Waals surface area contributed by atoms with Crippen LogP contribution < -0.4 is 5.32 Å². The molecule has 0 aliphatic carbocycles. The number of carboxylic acids is 1. The summed E-state index contributed by atoms with van der Waals surface area (Å²) in [6, 6.07) is 6.19. The molecule has 0 unspecified atom stereocenters. The van der Waals surface area contributed by atoms with E-state index in [2.05, 4.69) is 5.32 Å². The zero-order chi connectivity index (χ0) is 12.2. The first-order valence-corrected chi connectivity index (χ1v) is 6.55. The van der Waals surface area contributed by atoms with Gasteiger partial charge in [0.25, 0.3) is 0 Å². The molecule has 0 fully saturated rings. The Balaban J connectivity index is 2.86. The van der Waals surface area contributed by atoms with Gasteiger partial charge in [0.2, 0.25) is 0 Å². The maximum Gasteiger partial charge on any atom is 0.337 e. The summed E-state index contributed by atoms with van der Waals surface area (Å²) in [5, 5.41) is 11.5. The fourth-order valence-corrected chi connectivity index (χ4v) is 1.69. The molecule has 0 spiro atoms. The lowest BCUT2D eigenvalue weighted by Crippen LogP contribution is -2.17. The smallest absolute Gasteiger partial charge is 0.337 e. The van der Waals surface area contributed by atoms with Gasteiger partial charge < -0.3 is 10.4 Å². The molecule has 1 aromatic rings. The molecule has 0 amide bonds. The van der Waals surface area contributed by atoms with E-state index < -0.39 is 15.8 Å². The predicted molar refractivity (Wildman–Crippen MR) is 61.4 cm³/mol. The zero-order valence-corrected chi connectivity index (χ0v) is 9.62. The molecule has 1 rings (SSSR count). The lowest BCUT2D eigenvalue weighted by molar-refractivity contribution is 0.0698. The summed E-state index contributed by atoms with van der Waals surface area (Å²) in [4.78, 5) is 10.8. The SMILES string of the molecule is CCS(=O)(=O)CNc1ccccc1C(=O)O. The highest BCUT2D eigenvalue weighted by Crippen LogP contribution is 2.14. The second-order valence-corrected chi connectivity index (χ2v) is 5.56. The summed E-state index contributed by atoms with van der Waals surface area (Å²) in [6.07, 6.45) is 0. The largest absolute Gasteiger partial charge is 0.478 e. The molecule has 0 aliphatic rings. The lowest BCUT2D eigenvalue weighted by atomic mass is 10.2. The van der Waals surface area contributed by atoms with Crippen molar-refractivity contribution in [1.82, 2.24) is 0 Å². The van der Waals surface area contributed by atoms with Crippen LogP contribution in [0.5, 0.6) is 0 Å². The van der Waals surface area contributed by atoms with Gasteiger partial charge in [-0.3, -0.25) is 0 Å². The number of rotatable bonds is 5. The average molecular weight is 243 g/mol. The van der Waals surface area contributed by atoms with Gasteiger partial charge in [0, 0.05) is 11.4 Å². The molecule has 0 aromatic heterocycles. The number of carbonyl (C=O) groups is 1. The van der Waals surface area contributed by atoms with Crippen LogP contribution in [-0.2, 0) is 9.84 Å². The molecule has 0 aliphatic heterocycles. The van der Waals surface area contributed by atoms with Gasteiger partial charge in [-0.05, 0) is 12.1 Å². The minimum atomic E-state index is -3.16. The Kier molecular flexibility index (Phi) is 3.89. The van der Waals surface area contributed by atoms with Gasteiger partial charge in [-0.15, -0.1) is 0 Å². The summed E-state index contributed by atoms with van der Waals surface area (Å²) in [5.41, 5.74) is 0.376. The van der Waals surface area contributed by atoms with Crippen LogP contribution in [0.1, 0.15) is 17.3 Å². The van der Waals surface area contributed by atoms with Crippen molar-refractivity contribution in [1.29, 1.82) is 0 Å². The van der Waals surface area contributed by atoms with Crippen molar-refractivity contribution in [3.63, 3.8) is 0 Å². The molecule has 0 radical (unpaired) electrons. The highest BCUT2D eigenvalue weighted by atomic mass is 32.2. The molecule has 0 bridgehead atoms. The molecule has 16 heavy (non-hydrogen) atoms. The Hall–Kier alpha value is -1.56. The van der Waals surface area contributed by atoms with Gasteiger partial charge in [0.15, 0.2) is 9.84 Å². The van der Waals surface area contributed by atoms with Crippen molar-refractivity contribution in [2.75, 3.05) is 16.9 Å². The standard InChI is InChI=1S/C10H13NO4S/c1-2-16(14,15)7-11-9-6-4-3-5-8(9)10(12)13/h3-6,11H,2,7H2,1H3,(H,12,13). The van der Waals surface area contributed by atoms with Crippen LogP contribution in [0, 0.1) is 0 Å². The Morgan fingerprint density at radius 1 is 1.38 bits per heavy atom. The Labute approximate surface area is 94.0 Å². The van der Waals surface area contributed by atoms with Gasteiger partial charge >= 0.3 is 5.97 Å². The molecule has 2 N–H and O–H groups in total. The first-order valence-electron chi connectivity index (χ1n) is 4.73. The third-order valence-electron chi connectivity index (χ3n) is 2.08. The van der Waals surface area contributed by atoms with Crippen molar-refractivity contribution >= 4 is 21.5 Å². The van der Waals surface area contributed by atoms with Gasteiger partial charge in [-0.2, -0.15) is 0 Å². The Morgan fingerprint density at radius 3 is 2.56 bits per heavy atom. The Bertz CT molecular complexity index is 481. The van der Waals surface area contributed by atoms with Crippen LogP contribution in [0.4, 0.5) is 5.69 Å². The number of benzene rings is 1. The van der Waals surface area contributed by atoms with E-state index in [-0.39, 0.29) is 17.2 Å². The topological polar surface area (TPSA) is 83.5 Å². The summed E-state index contributed by atoms with van der Waals surface area (Å²) in [7, 11) is -3.16. The normalized spacial score (nSPS) is 11.1. The minimum absolute atomic E-state index is 0.0231. The van der Waals surface area contributed by atoms with Crippen molar-refractivity contribution in [3.05, 3.63) is 29.8 Å². The maximum absolute atomic E-state index is 11.2. The lowest BCUT2D eigenvalue weighted by Gasteiger charge is -2.08. The monoisotopic (exact) mass is 243 g/mol. The summed E-state index contributed by atoms with van der Waals surface area (Å²) >= 11 is 0. The highest BCUT2D eigenvalue weighted by Gasteiger charge is 2.11. The Morgan fingerprint density at radius 2 is 2.00 bits per heavy atom. The van der Waals surface area contributed by atoms with E-state index in [4.69, 9.17) is 5.11 Å². The molecule has 0 saturated heterocycles. The quantitative estimate of drug-likeness (QED) is 0.811. The third-order valence-corrected chi connectivity index (χ3v) is 3.54. The van der Waals surface area contributed by atoms with Crippen LogP contribution in [0.3, 0.4) is 0 Å². The number of para-hydroxylation sites is 1. The van der Waals surface area contributed by atoms with E-state index in [0.717, 1.165) is 0 Å².